The van der Waals surface area contributed by atoms with Gasteiger partial charge in [-0.2, -0.15) is 0 Å². The third-order valence-corrected chi connectivity index (χ3v) is 2.09. The molecule has 1 heterocycles. The molecule has 0 aromatic carbocycles. The quantitative estimate of drug-likeness (QED) is 0.795. The number of aryl methyl sites for hydroxylation is 1. The number of hydrogen-bond donors (Lipinski definition) is 1. The average molecular weight is 224 g/mol. The first-order valence-electron chi connectivity index (χ1n) is 5.43. The van der Waals surface area contributed by atoms with Crippen LogP contribution in [0, 0.1) is 6.92 Å². The highest BCUT2D eigenvalue weighted by molar-refractivity contribution is 5.24. The van der Waals surface area contributed by atoms with E-state index in [4.69, 9.17) is 9.47 Å². The van der Waals surface area contributed by atoms with Crippen LogP contribution in [0.2, 0.25) is 0 Å². The predicted octanol–water partition coefficient (Wildman–Crippen LogP) is 1.52. The maximum atomic E-state index is 5.66. The van der Waals surface area contributed by atoms with Crippen LogP contribution in [0.3, 0.4) is 0 Å². The van der Waals surface area contributed by atoms with Gasteiger partial charge in [0.15, 0.2) is 0 Å². The molecule has 4 heteroatoms. The highest BCUT2D eigenvalue weighted by Gasteiger charge is 2.06. The fourth-order valence-electron chi connectivity index (χ4n) is 1.55. The number of pyridine rings is 1. The summed E-state index contributed by atoms with van der Waals surface area (Å²) in [6.07, 6.45) is 0.0155. The van der Waals surface area contributed by atoms with E-state index in [9.17, 15) is 0 Å². The molecule has 0 aliphatic rings. The summed E-state index contributed by atoms with van der Waals surface area (Å²) in [5.74, 6) is 0.662. The predicted molar refractivity (Wildman–Crippen MR) is 63.7 cm³/mol. The summed E-state index contributed by atoms with van der Waals surface area (Å²) < 4.78 is 10.7. The van der Waals surface area contributed by atoms with Crippen LogP contribution in [0.25, 0.3) is 0 Å². The van der Waals surface area contributed by atoms with E-state index in [1.807, 2.05) is 33.0 Å². The molecule has 1 aromatic rings. The maximum Gasteiger partial charge on any atom is 0.214 e. The van der Waals surface area contributed by atoms with E-state index in [2.05, 4.69) is 10.3 Å². The molecule has 90 valence electrons. The minimum absolute atomic E-state index is 0.0155. The number of nitrogens with zero attached hydrogens (tertiary/aromatic N) is 1. The first kappa shape index (κ1) is 12.9. The lowest BCUT2D eigenvalue weighted by molar-refractivity contribution is 0.0888. The van der Waals surface area contributed by atoms with E-state index in [1.54, 1.807) is 7.11 Å². The molecule has 1 N–H and O–H groups in total. The second kappa shape index (κ2) is 6.45. The Kier molecular flexibility index (Phi) is 5.22. The number of aromatic nitrogens is 1. The first-order chi connectivity index (χ1) is 7.65. The van der Waals surface area contributed by atoms with Gasteiger partial charge in [-0.05, 0) is 32.5 Å². The Morgan fingerprint density at radius 1 is 1.44 bits per heavy atom. The third-order valence-electron chi connectivity index (χ3n) is 2.09. The Morgan fingerprint density at radius 3 is 2.81 bits per heavy atom. The van der Waals surface area contributed by atoms with Crippen LogP contribution >= 0.6 is 0 Å². The largest absolute Gasteiger partial charge is 0.472 e. The molecule has 4 nitrogen and oxygen atoms in total. The van der Waals surface area contributed by atoms with Gasteiger partial charge < -0.3 is 14.8 Å². The molecule has 1 rings (SSSR count). The van der Waals surface area contributed by atoms with Crippen molar-refractivity contribution in [2.24, 2.45) is 0 Å². The van der Waals surface area contributed by atoms with Gasteiger partial charge >= 0.3 is 0 Å². The Bertz CT molecular complexity index is 329. The van der Waals surface area contributed by atoms with E-state index in [0.29, 0.717) is 12.5 Å². The van der Waals surface area contributed by atoms with Gasteiger partial charge in [-0.3, -0.25) is 0 Å². The summed E-state index contributed by atoms with van der Waals surface area (Å²) in [5.41, 5.74) is 2.14. The highest BCUT2D eigenvalue weighted by Crippen LogP contribution is 2.13. The van der Waals surface area contributed by atoms with Gasteiger partial charge in [0.25, 0.3) is 0 Å². The van der Waals surface area contributed by atoms with Crippen molar-refractivity contribution in [1.29, 1.82) is 0 Å². The van der Waals surface area contributed by atoms with E-state index >= 15 is 0 Å². The summed E-state index contributed by atoms with van der Waals surface area (Å²) in [6, 6.07) is 4.00. The number of hydrogen-bond acceptors (Lipinski definition) is 4. The topological polar surface area (TPSA) is 43.4 Å². The van der Waals surface area contributed by atoms with Crippen molar-refractivity contribution in [3.63, 3.8) is 0 Å². The third kappa shape index (κ3) is 4.16. The molecular formula is C12H20N2O2. The number of ether oxygens (including phenoxy) is 2. The Balaban J connectivity index is 2.71. The molecule has 0 fully saturated rings. The normalized spacial score (nSPS) is 12.5. The Hall–Kier alpha value is -1.13. The van der Waals surface area contributed by atoms with Crippen molar-refractivity contribution < 1.29 is 9.47 Å². The first-order valence-corrected chi connectivity index (χ1v) is 5.43. The van der Waals surface area contributed by atoms with Crippen LogP contribution < -0.4 is 10.1 Å². The standard InChI is InChI=1S/C12H20N2O2/c1-9-5-11(7-13-3)6-12(14-9)16-10(2)8-15-4/h5-6,10,13H,7-8H2,1-4H3. The van der Waals surface area contributed by atoms with Crippen LogP contribution in [0.4, 0.5) is 0 Å². The zero-order chi connectivity index (χ0) is 12.0. The lowest BCUT2D eigenvalue weighted by Gasteiger charge is -2.14. The number of methoxy groups -OCH3 is 1. The number of rotatable bonds is 6. The fourth-order valence-corrected chi connectivity index (χ4v) is 1.55. The summed E-state index contributed by atoms with van der Waals surface area (Å²) in [7, 11) is 3.58. The lowest BCUT2D eigenvalue weighted by Crippen LogP contribution is -2.19. The van der Waals surface area contributed by atoms with Gasteiger partial charge in [0.05, 0.1) is 6.61 Å². The second-order valence-corrected chi connectivity index (χ2v) is 3.87. The molecule has 0 aliphatic heterocycles. The summed E-state index contributed by atoms with van der Waals surface area (Å²) in [6.45, 7) is 5.31. The highest BCUT2D eigenvalue weighted by atomic mass is 16.5. The van der Waals surface area contributed by atoms with Gasteiger partial charge in [0.1, 0.15) is 6.10 Å². The second-order valence-electron chi connectivity index (χ2n) is 3.87. The Morgan fingerprint density at radius 2 is 2.19 bits per heavy atom. The van der Waals surface area contributed by atoms with Crippen LogP contribution in [0.1, 0.15) is 18.2 Å². The number of nitrogens with one attached hydrogen (secondary N) is 1. The molecule has 0 bridgehead atoms. The van der Waals surface area contributed by atoms with Gasteiger partial charge in [-0.15, -0.1) is 0 Å². The molecule has 1 atom stereocenters. The lowest BCUT2D eigenvalue weighted by atomic mass is 10.2. The van der Waals surface area contributed by atoms with Crippen molar-refractivity contribution in [2.45, 2.75) is 26.5 Å². The summed E-state index contributed by atoms with van der Waals surface area (Å²) >= 11 is 0. The van der Waals surface area contributed by atoms with E-state index in [0.717, 1.165) is 12.2 Å². The molecule has 0 saturated heterocycles. The fraction of sp³-hybridized carbons (Fsp3) is 0.583. The molecule has 0 spiro atoms. The molecule has 16 heavy (non-hydrogen) atoms. The van der Waals surface area contributed by atoms with Crippen LogP contribution in [-0.4, -0.2) is 31.9 Å². The van der Waals surface area contributed by atoms with Crippen molar-refractivity contribution in [3.05, 3.63) is 23.4 Å². The molecule has 0 saturated carbocycles. The molecule has 0 amide bonds. The van der Waals surface area contributed by atoms with Crippen molar-refractivity contribution in [2.75, 3.05) is 20.8 Å². The van der Waals surface area contributed by atoms with E-state index < -0.39 is 0 Å². The van der Waals surface area contributed by atoms with E-state index in [-0.39, 0.29) is 6.10 Å². The summed E-state index contributed by atoms with van der Waals surface area (Å²) in [4.78, 5) is 4.33. The Labute approximate surface area is 97.0 Å². The van der Waals surface area contributed by atoms with Crippen molar-refractivity contribution >= 4 is 0 Å². The van der Waals surface area contributed by atoms with Crippen LogP contribution in [-0.2, 0) is 11.3 Å². The minimum Gasteiger partial charge on any atom is -0.472 e. The monoisotopic (exact) mass is 224 g/mol. The molecule has 1 aromatic heterocycles. The zero-order valence-corrected chi connectivity index (χ0v) is 10.4. The van der Waals surface area contributed by atoms with Gasteiger partial charge in [0.2, 0.25) is 5.88 Å². The van der Waals surface area contributed by atoms with Crippen LogP contribution in [0.5, 0.6) is 5.88 Å². The van der Waals surface area contributed by atoms with Crippen molar-refractivity contribution in [1.82, 2.24) is 10.3 Å². The van der Waals surface area contributed by atoms with Crippen LogP contribution in [0.15, 0.2) is 12.1 Å². The van der Waals surface area contributed by atoms with Gasteiger partial charge in [-0.1, -0.05) is 0 Å². The molecular weight excluding hydrogens is 204 g/mol. The SMILES string of the molecule is CNCc1cc(C)nc(OC(C)COC)c1. The van der Waals surface area contributed by atoms with Gasteiger partial charge in [0, 0.05) is 25.4 Å². The van der Waals surface area contributed by atoms with Gasteiger partial charge in [-0.25, -0.2) is 4.98 Å². The molecule has 0 radical (unpaired) electrons. The summed E-state index contributed by atoms with van der Waals surface area (Å²) in [5, 5.41) is 3.11. The smallest absolute Gasteiger partial charge is 0.214 e. The average Bonchev–Trinajstić information content (AvgIpc) is 2.17. The minimum atomic E-state index is 0.0155. The molecule has 1 unspecified atom stereocenters. The zero-order valence-electron chi connectivity index (χ0n) is 10.4. The van der Waals surface area contributed by atoms with Crippen molar-refractivity contribution in [3.8, 4) is 5.88 Å². The maximum absolute atomic E-state index is 5.66. The van der Waals surface area contributed by atoms with E-state index in [1.165, 1.54) is 5.56 Å². The molecule has 0 aliphatic carbocycles.